The van der Waals surface area contributed by atoms with Crippen LogP contribution in [0.2, 0.25) is 0 Å². The van der Waals surface area contributed by atoms with Crippen LogP contribution in [-0.4, -0.2) is 22.5 Å². The van der Waals surface area contributed by atoms with Crippen molar-refractivity contribution in [3.63, 3.8) is 0 Å². The van der Waals surface area contributed by atoms with E-state index in [1.807, 2.05) is 0 Å². The number of carbonyl (C=O) groups excluding carboxylic acids is 1. The van der Waals surface area contributed by atoms with Gasteiger partial charge in [0.2, 0.25) is 5.91 Å². The molecule has 0 heterocycles. The fraction of sp³-hybridized carbons (Fsp3) is 0.500. The molecule has 0 aliphatic carbocycles. The molecule has 0 aromatic carbocycles. The first-order chi connectivity index (χ1) is 5.42. The maximum Gasteiger partial charge on any atom is 0.329 e. The molecule has 0 aliphatic heterocycles. The Morgan fingerprint density at radius 2 is 2.17 bits per heavy atom. The van der Waals surface area contributed by atoms with Crippen LogP contribution in [0.5, 0.6) is 0 Å². The molecule has 1 atom stereocenters. The number of hydrogen-bond acceptors (Lipinski definition) is 2. The van der Waals surface area contributed by atoms with Crippen LogP contribution in [0.3, 0.4) is 0 Å². The van der Waals surface area contributed by atoms with Gasteiger partial charge in [0.15, 0.2) is 0 Å². The van der Waals surface area contributed by atoms with E-state index in [4.69, 9.17) is 5.11 Å². The van der Waals surface area contributed by atoms with Crippen LogP contribution in [0.25, 0.3) is 0 Å². The molecule has 0 aliphatic rings. The van der Waals surface area contributed by atoms with Crippen molar-refractivity contribution in [1.82, 2.24) is 5.32 Å². The summed E-state index contributed by atoms with van der Waals surface area (Å²) in [6.07, 6.45) is 1.67. The Morgan fingerprint density at radius 3 is 2.42 bits per heavy atom. The SMILES string of the molecule is C=CCC(C)(NC(C)=O)C(=O)O. The summed E-state index contributed by atoms with van der Waals surface area (Å²) in [6, 6.07) is 0. The second kappa shape index (κ2) is 3.90. The van der Waals surface area contributed by atoms with Crippen molar-refractivity contribution in [2.75, 3.05) is 0 Å². The molecule has 0 saturated carbocycles. The summed E-state index contributed by atoms with van der Waals surface area (Å²) in [5, 5.41) is 11.1. The molecule has 0 spiro atoms. The van der Waals surface area contributed by atoms with Gasteiger partial charge in [-0.25, -0.2) is 4.79 Å². The Morgan fingerprint density at radius 1 is 1.67 bits per heavy atom. The van der Waals surface area contributed by atoms with Crippen LogP contribution in [0, 0.1) is 0 Å². The molecule has 0 radical (unpaired) electrons. The summed E-state index contributed by atoms with van der Waals surface area (Å²) in [5.74, 6) is -1.42. The van der Waals surface area contributed by atoms with Crippen LogP contribution in [0.4, 0.5) is 0 Å². The smallest absolute Gasteiger partial charge is 0.329 e. The van der Waals surface area contributed by atoms with E-state index in [2.05, 4.69) is 11.9 Å². The maximum atomic E-state index is 10.7. The zero-order valence-corrected chi connectivity index (χ0v) is 7.26. The lowest BCUT2D eigenvalue weighted by Gasteiger charge is -2.23. The molecule has 1 amide bonds. The lowest BCUT2D eigenvalue weighted by Crippen LogP contribution is -2.51. The number of carbonyl (C=O) groups is 2. The number of hydrogen-bond donors (Lipinski definition) is 2. The van der Waals surface area contributed by atoms with Gasteiger partial charge in [0, 0.05) is 6.92 Å². The third-order valence-electron chi connectivity index (χ3n) is 1.48. The Hall–Kier alpha value is -1.32. The van der Waals surface area contributed by atoms with Crippen molar-refractivity contribution in [3.05, 3.63) is 12.7 Å². The van der Waals surface area contributed by atoms with Crippen molar-refractivity contribution < 1.29 is 14.7 Å². The van der Waals surface area contributed by atoms with Crippen LogP contribution in [-0.2, 0) is 9.59 Å². The lowest BCUT2D eigenvalue weighted by atomic mass is 9.98. The highest BCUT2D eigenvalue weighted by molar-refractivity contribution is 5.85. The van der Waals surface area contributed by atoms with Crippen LogP contribution in [0.1, 0.15) is 20.3 Å². The molecule has 4 heteroatoms. The topological polar surface area (TPSA) is 66.4 Å². The van der Waals surface area contributed by atoms with Crippen molar-refractivity contribution in [2.24, 2.45) is 0 Å². The number of carboxylic acid groups (broad SMARTS) is 1. The van der Waals surface area contributed by atoms with E-state index in [0.29, 0.717) is 0 Å². The van der Waals surface area contributed by atoms with Gasteiger partial charge in [-0.3, -0.25) is 4.79 Å². The molecular formula is C8H13NO3. The van der Waals surface area contributed by atoms with Crippen molar-refractivity contribution in [3.8, 4) is 0 Å². The first-order valence-electron chi connectivity index (χ1n) is 3.55. The number of amides is 1. The molecule has 0 aromatic heterocycles. The fourth-order valence-electron chi connectivity index (χ4n) is 0.869. The number of carboxylic acids is 1. The van der Waals surface area contributed by atoms with Gasteiger partial charge in [-0.15, -0.1) is 6.58 Å². The van der Waals surface area contributed by atoms with Gasteiger partial charge in [-0.1, -0.05) is 6.08 Å². The van der Waals surface area contributed by atoms with Crippen LogP contribution < -0.4 is 5.32 Å². The Bertz CT molecular complexity index is 212. The monoisotopic (exact) mass is 171 g/mol. The van der Waals surface area contributed by atoms with E-state index in [0.717, 1.165) is 0 Å². The molecule has 12 heavy (non-hydrogen) atoms. The zero-order valence-electron chi connectivity index (χ0n) is 7.26. The van der Waals surface area contributed by atoms with Gasteiger partial charge in [0.25, 0.3) is 0 Å². The average molecular weight is 171 g/mol. The largest absolute Gasteiger partial charge is 0.480 e. The normalized spacial score (nSPS) is 14.5. The van der Waals surface area contributed by atoms with E-state index in [1.165, 1.54) is 19.9 Å². The Kier molecular flexibility index (Phi) is 3.47. The third kappa shape index (κ3) is 2.74. The minimum Gasteiger partial charge on any atom is -0.480 e. The molecule has 68 valence electrons. The van der Waals surface area contributed by atoms with Gasteiger partial charge in [-0.2, -0.15) is 0 Å². The standard InChI is InChI=1S/C8H13NO3/c1-4-5-8(3,7(11)12)9-6(2)10/h4H,1,5H2,2-3H3,(H,9,10)(H,11,12). The van der Waals surface area contributed by atoms with E-state index in [9.17, 15) is 9.59 Å². The lowest BCUT2D eigenvalue weighted by molar-refractivity contribution is -0.146. The van der Waals surface area contributed by atoms with Crippen molar-refractivity contribution in [2.45, 2.75) is 25.8 Å². The number of nitrogens with one attached hydrogen (secondary N) is 1. The first-order valence-corrected chi connectivity index (χ1v) is 3.55. The minimum absolute atomic E-state index is 0.210. The molecule has 0 aromatic rings. The summed E-state index contributed by atoms with van der Waals surface area (Å²) in [7, 11) is 0. The minimum atomic E-state index is -1.23. The fourth-order valence-corrected chi connectivity index (χ4v) is 0.869. The van der Waals surface area contributed by atoms with Crippen LogP contribution >= 0.6 is 0 Å². The number of aliphatic carboxylic acids is 1. The highest BCUT2D eigenvalue weighted by atomic mass is 16.4. The average Bonchev–Trinajstić information content (AvgIpc) is 1.85. The summed E-state index contributed by atoms with van der Waals surface area (Å²) < 4.78 is 0. The molecule has 0 rings (SSSR count). The highest BCUT2D eigenvalue weighted by Crippen LogP contribution is 2.09. The molecule has 1 unspecified atom stereocenters. The van der Waals surface area contributed by atoms with E-state index in [1.54, 1.807) is 0 Å². The van der Waals surface area contributed by atoms with E-state index < -0.39 is 11.5 Å². The van der Waals surface area contributed by atoms with Crippen molar-refractivity contribution >= 4 is 11.9 Å². The van der Waals surface area contributed by atoms with E-state index in [-0.39, 0.29) is 12.3 Å². The second-order valence-electron chi connectivity index (χ2n) is 2.81. The third-order valence-corrected chi connectivity index (χ3v) is 1.48. The van der Waals surface area contributed by atoms with Gasteiger partial charge < -0.3 is 10.4 Å². The maximum absolute atomic E-state index is 10.7. The molecular weight excluding hydrogens is 158 g/mol. The van der Waals surface area contributed by atoms with Gasteiger partial charge >= 0.3 is 5.97 Å². The van der Waals surface area contributed by atoms with Gasteiger partial charge in [0.1, 0.15) is 5.54 Å². The predicted octanol–water partition coefficient (Wildman–Crippen LogP) is 0.542. The summed E-state index contributed by atoms with van der Waals surface area (Å²) in [5.41, 5.74) is -1.23. The Labute approximate surface area is 71.3 Å². The van der Waals surface area contributed by atoms with Crippen LogP contribution in [0.15, 0.2) is 12.7 Å². The molecule has 2 N–H and O–H groups in total. The summed E-state index contributed by atoms with van der Waals surface area (Å²) >= 11 is 0. The highest BCUT2D eigenvalue weighted by Gasteiger charge is 2.32. The van der Waals surface area contributed by atoms with Gasteiger partial charge in [-0.05, 0) is 13.3 Å². The molecule has 4 nitrogen and oxygen atoms in total. The summed E-state index contributed by atoms with van der Waals surface area (Å²) in [6.45, 7) is 6.15. The summed E-state index contributed by atoms with van der Waals surface area (Å²) in [4.78, 5) is 21.3. The molecule has 0 fully saturated rings. The molecule has 0 saturated heterocycles. The van der Waals surface area contributed by atoms with E-state index >= 15 is 0 Å². The second-order valence-corrected chi connectivity index (χ2v) is 2.81. The molecule has 0 bridgehead atoms. The van der Waals surface area contributed by atoms with Gasteiger partial charge in [0.05, 0.1) is 0 Å². The quantitative estimate of drug-likeness (QED) is 0.607. The Balaban J connectivity index is 4.49. The first kappa shape index (κ1) is 10.7. The number of rotatable bonds is 4. The predicted molar refractivity (Wildman–Crippen MR) is 44.7 cm³/mol. The van der Waals surface area contributed by atoms with Crippen molar-refractivity contribution in [1.29, 1.82) is 0 Å². The zero-order chi connectivity index (χ0) is 9.78.